The van der Waals surface area contributed by atoms with Gasteiger partial charge in [-0.1, -0.05) is 0 Å². The summed E-state index contributed by atoms with van der Waals surface area (Å²) in [6, 6.07) is 7.89. The van der Waals surface area contributed by atoms with E-state index in [9.17, 15) is 0 Å². The molecule has 0 unspecified atom stereocenters. The summed E-state index contributed by atoms with van der Waals surface area (Å²) in [5.74, 6) is 0.675. The van der Waals surface area contributed by atoms with Gasteiger partial charge in [-0.15, -0.1) is 0 Å². The minimum Gasteiger partial charge on any atom is -0.340 e. The molecule has 102 valence electrons. The zero-order chi connectivity index (χ0) is 14.3. The summed E-state index contributed by atoms with van der Waals surface area (Å²) in [4.78, 5) is 8.19. The van der Waals surface area contributed by atoms with E-state index in [1.165, 1.54) is 0 Å². The van der Waals surface area contributed by atoms with E-state index in [1.54, 1.807) is 0 Å². The minimum atomic E-state index is 0.238. The molecule has 0 aliphatic heterocycles. The van der Waals surface area contributed by atoms with Gasteiger partial charge in [0.25, 0.3) is 0 Å². The summed E-state index contributed by atoms with van der Waals surface area (Å²) in [5, 5.41) is 9.08. The van der Waals surface area contributed by atoms with Crippen LogP contribution in [0.1, 0.15) is 11.4 Å². The predicted octanol–water partition coefficient (Wildman–Crippen LogP) is 3.38. The Bertz CT molecular complexity index is 773. The molecule has 0 saturated carbocycles. The number of aromatic nitrogens is 4. The van der Waals surface area contributed by atoms with Crippen LogP contribution in [0.2, 0.25) is 5.28 Å². The molecule has 2 aromatic heterocycles. The maximum Gasteiger partial charge on any atom is 0.224 e. The highest BCUT2D eigenvalue weighted by Crippen LogP contribution is 2.23. The van der Waals surface area contributed by atoms with E-state index in [0.717, 1.165) is 28.0 Å². The number of anilines is 2. The van der Waals surface area contributed by atoms with Crippen LogP contribution < -0.4 is 5.32 Å². The fourth-order valence-electron chi connectivity index (χ4n) is 2.15. The second-order valence-electron chi connectivity index (χ2n) is 4.73. The lowest BCUT2D eigenvalue weighted by molar-refractivity contribution is 0.751. The Kier molecular flexibility index (Phi) is 3.06. The fourth-order valence-corrected chi connectivity index (χ4v) is 2.38. The van der Waals surface area contributed by atoms with Crippen LogP contribution in [0.3, 0.4) is 0 Å². The fraction of sp³-hybridized carbons (Fsp3) is 0.214. The monoisotopic (exact) mass is 287 g/mol. The molecule has 3 rings (SSSR count). The summed E-state index contributed by atoms with van der Waals surface area (Å²) in [7, 11) is 1.94. The number of benzene rings is 1. The molecule has 2 heterocycles. The number of aryl methyl sites for hydroxylation is 3. The van der Waals surface area contributed by atoms with Gasteiger partial charge in [-0.2, -0.15) is 5.10 Å². The Hall–Kier alpha value is -2.14. The minimum absolute atomic E-state index is 0.238. The lowest BCUT2D eigenvalue weighted by atomic mass is 10.2. The van der Waals surface area contributed by atoms with Crippen molar-refractivity contribution in [2.24, 2.45) is 7.05 Å². The van der Waals surface area contributed by atoms with E-state index in [4.69, 9.17) is 11.6 Å². The molecular formula is C14H14ClN5. The molecule has 0 aliphatic carbocycles. The average Bonchev–Trinajstić information content (AvgIpc) is 2.63. The zero-order valence-corrected chi connectivity index (χ0v) is 12.2. The molecular weight excluding hydrogens is 274 g/mol. The molecule has 5 nitrogen and oxygen atoms in total. The van der Waals surface area contributed by atoms with Gasteiger partial charge in [0.2, 0.25) is 5.28 Å². The van der Waals surface area contributed by atoms with Gasteiger partial charge in [-0.05, 0) is 43.6 Å². The number of hydrogen-bond acceptors (Lipinski definition) is 4. The molecule has 20 heavy (non-hydrogen) atoms. The van der Waals surface area contributed by atoms with Crippen LogP contribution in [0.4, 0.5) is 11.5 Å². The summed E-state index contributed by atoms with van der Waals surface area (Å²) < 4.78 is 1.88. The molecule has 0 amide bonds. The predicted molar refractivity (Wildman–Crippen MR) is 80.5 cm³/mol. The van der Waals surface area contributed by atoms with Crippen molar-refractivity contribution in [1.29, 1.82) is 0 Å². The van der Waals surface area contributed by atoms with Gasteiger partial charge in [-0.25, -0.2) is 9.97 Å². The Morgan fingerprint density at radius 2 is 1.95 bits per heavy atom. The zero-order valence-electron chi connectivity index (χ0n) is 11.5. The highest BCUT2D eigenvalue weighted by atomic mass is 35.5. The number of hydrogen-bond donors (Lipinski definition) is 1. The van der Waals surface area contributed by atoms with Crippen LogP contribution in [0.25, 0.3) is 10.9 Å². The highest BCUT2D eigenvalue weighted by Gasteiger charge is 2.06. The lowest BCUT2D eigenvalue weighted by Crippen LogP contribution is -1.96. The second kappa shape index (κ2) is 4.76. The van der Waals surface area contributed by atoms with E-state index < -0.39 is 0 Å². The van der Waals surface area contributed by atoms with Crippen LogP contribution in [0, 0.1) is 13.8 Å². The number of nitrogens with one attached hydrogen (secondary N) is 1. The van der Waals surface area contributed by atoms with Crippen molar-refractivity contribution >= 4 is 34.0 Å². The first kappa shape index (κ1) is 12.9. The van der Waals surface area contributed by atoms with Crippen LogP contribution >= 0.6 is 11.6 Å². The summed E-state index contributed by atoms with van der Waals surface area (Å²) in [6.07, 6.45) is 0. The Morgan fingerprint density at radius 1 is 1.15 bits per heavy atom. The van der Waals surface area contributed by atoms with Crippen molar-refractivity contribution < 1.29 is 0 Å². The number of halogens is 1. The maximum absolute atomic E-state index is 5.86. The molecule has 0 fully saturated rings. The lowest BCUT2D eigenvalue weighted by Gasteiger charge is -2.06. The van der Waals surface area contributed by atoms with Crippen molar-refractivity contribution in [3.63, 3.8) is 0 Å². The highest BCUT2D eigenvalue weighted by molar-refractivity contribution is 6.28. The third kappa shape index (κ3) is 2.32. The largest absolute Gasteiger partial charge is 0.340 e. The second-order valence-corrected chi connectivity index (χ2v) is 5.07. The molecule has 0 radical (unpaired) electrons. The maximum atomic E-state index is 5.86. The van der Waals surface area contributed by atoms with Crippen LogP contribution in [0.5, 0.6) is 0 Å². The van der Waals surface area contributed by atoms with Crippen LogP contribution in [-0.2, 0) is 7.05 Å². The van der Waals surface area contributed by atoms with Gasteiger partial charge in [-0.3, -0.25) is 4.68 Å². The normalized spacial score (nSPS) is 11.0. The molecule has 3 aromatic rings. The Morgan fingerprint density at radius 3 is 2.70 bits per heavy atom. The van der Waals surface area contributed by atoms with Crippen molar-refractivity contribution in [1.82, 2.24) is 19.7 Å². The summed E-state index contributed by atoms with van der Waals surface area (Å²) in [6.45, 7) is 3.93. The van der Waals surface area contributed by atoms with E-state index in [0.29, 0.717) is 5.82 Å². The standard InChI is InChI=1S/C14H14ClN5/c1-8-6-13(18-14(15)16-8)17-10-4-5-11-9(2)20(3)19-12(11)7-10/h4-7H,1-3H3,(H,16,17,18). The van der Waals surface area contributed by atoms with Crippen molar-refractivity contribution in [2.45, 2.75) is 13.8 Å². The molecule has 0 spiro atoms. The van der Waals surface area contributed by atoms with Gasteiger partial charge >= 0.3 is 0 Å². The van der Waals surface area contributed by atoms with Crippen molar-refractivity contribution in [2.75, 3.05) is 5.32 Å². The first-order valence-corrected chi connectivity index (χ1v) is 6.62. The first-order chi connectivity index (χ1) is 9.52. The van der Waals surface area contributed by atoms with E-state index in [1.807, 2.05) is 36.9 Å². The smallest absolute Gasteiger partial charge is 0.224 e. The SMILES string of the molecule is Cc1cc(Nc2ccc3c(C)n(C)nc3c2)nc(Cl)n1. The van der Waals surface area contributed by atoms with Gasteiger partial charge in [0.05, 0.1) is 5.52 Å². The molecule has 0 aliphatic rings. The Balaban J connectivity index is 1.98. The van der Waals surface area contributed by atoms with E-state index in [-0.39, 0.29) is 5.28 Å². The van der Waals surface area contributed by atoms with Gasteiger partial charge in [0, 0.05) is 35.6 Å². The van der Waals surface area contributed by atoms with Crippen molar-refractivity contribution in [3.05, 3.63) is 40.9 Å². The molecule has 1 aromatic carbocycles. The number of fused-ring (bicyclic) bond motifs is 1. The topological polar surface area (TPSA) is 55.6 Å². The Labute approximate surface area is 121 Å². The quantitative estimate of drug-likeness (QED) is 0.734. The number of rotatable bonds is 2. The van der Waals surface area contributed by atoms with E-state index in [2.05, 4.69) is 33.4 Å². The third-order valence-electron chi connectivity index (χ3n) is 3.23. The summed E-state index contributed by atoms with van der Waals surface area (Å²) >= 11 is 5.86. The van der Waals surface area contributed by atoms with Gasteiger partial charge in [0.1, 0.15) is 5.82 Å². The van der Waals surface area contributed by atoms with Crippen molar-refractivity contribution in [3.8, 4) is 0 Å². The molecule has 0 saturated heterocycles. The molecule has 0 atom stereocenters. The number of nitrogens with zero attached hydrogens (tertiary/aromatic N) is 4. The van der Waals surface area contributed by atoms with Gasteiger partial charge < -0.3 is 5.32 Å². The van der Waals surface area contributed by atoms with Gasteiger partial charge in [0.15, 0.2) is 0 Å². The van der Waals surface area contributed by atoms with E-state index >= 15 is 0 Å². The molecule has 6 heteroatoms. The average molecular weight is 288 g/mol. The van der Waals surface area contributed by atoms with Crippen LogP contribution in [-0.4, -0.2) is 19.7 Å². The molecule has 1 N–H and O–H groups in total. The molecule has 0 bridgehead atoms. The van der Waals surface area contributed by atoms with Crippen LogP contribution in [0.15, 0.2) is 24.3 Å². The first-order valence-electron chi connectivity index (χ1n) is 6.24. The third-order valence-corrected chi connectivity index (χ3v) is 3.40. The summed E-state index contributed by atoms with van der Waals surface area (Å²) in [5.41, 5.74) is 3.84.